The van der Waals surface area contributed by atoms with Gasteiger partial charge in [-0.3, -0.25) is 4.79 Å². The number of hydrogen-bond donors (Lipinski definition) is 2. The van der Waals surface area contributed by atoms with Crippen LogP contribution in [0, 0.1) is 0 Å². The van der Waals surface area contributed by atoms with Gasteiger partial charge in [-0.2, -0.15) is 8.78 Å². The topological polar surface area (TPSA) is 63.2 Å². The van der Waals surface area contributed by atoms with Crippen LogP contribution < -0.4 is 15.4 Å². The zero-order valence-electron chi connectivity index (χ0n) is 13.5. The number of carbonyl (C=O) groups excluding carboxylic acids is 1. The Balaban J connectivity index is 1.56. The van der Waals surface area contributed by atoms with Crippen LogP contribution in [0.3, 0.4) is 0 Å². The van der Waals surface area contributed by atoms with Gasteiger partial charge in [0.05, 0.1) is 0 Å². The lowest BCUT2D eigenvalue weighted by Crippen LogP contribution is -2.36. The van der Waals surface area contributed by atoms with Crippen LogP contribution in [0.25, 0.3) is 0 Å². The highest BCUT2D eigenvalue weighted by Crippen LogP contribution is 2.24. The second-order valence-corrected chi connectivity index (χ2v) is 6.73. The molecule has 2 aromatic rings. The maximum absolute atomic E-state index is 12.2. The van der Waals surface area contributed by atoms with Crippen LogP contribution in [0.5, 0.6) is 5.75 Å². The quantitative estimate of drug-likeness (QED) is 0.786. The number of nitrogens with zero attached hydrogens (tertiary/aromatic N) is 1. The summed E-state index contributed by atoms with van der Waals surface area (Å²) in [5.74, 6) is -0.0656. The van der Waals surface area contributed by atoms with Crippen LogP contribution in [-0.4, -0.2) is 23.5 Å². The van der Waals surface area contributed by atoms with Gasteiger partial charge in [-0.25, -0.2) is 4.98 Å². The zero-order chi connectivity index (χ0) is 17.6. The Labute approximate surface area is 148 Å². The molecule has 1 saturated carbocycles. The third kappa shape index (κ3) is 5.12. The average molecular weight is 367 g/mol. The molecular weight excluding hydrogens is 348 g/mol. The monoisotopic (exact) mass is 367 g/mol. The molecule has 2 N–H and O–H groups in total. The summed E-state index contributed by atoms with van der Waals surface area (Å²) in [4.78, 5) is 16.5. The molecule has 0 saturated heterocycles. The summed E-state index contributed by atoms with van der Waals surface area (Å²) >= 11 is 1.32. The van der Waals surface area contributed by atoms with Crippen LogP contribution in [0.2, 0.25) is 0 Å². The highest BCUT2D eigenvalue weighted by atomic mass is 32.1. The molecule has 5 nitrogen and oxygen atoms in total. The number of nitrogens with one attached hydrogen (secondary N) is 2. The molecule has 3 rings (SSSR count). The lowest BCUT2D eigenvalue weighted by atomic mass is 9.95. The minimum absolute atomic E-state index is 0.0900. The van der Waals surface area contributed by atoms with Crippen molar-refractivity contribution in [1.29, 1.82) is 0 Å². The van der Waals surface area contributed by atoms with Crippen molar-refractivity contribution in [3.63, 3.8) is 0 Å². The van der Waals surface area contributed by atoms with E-state index in [9.17, 15) is 13.6 Å². The highest BCUT2D eigenvalue weighted by Gasteiger charge is 2.18. The van der Waals surface area contributed by atoms with E-state index in [1.165, 1.54) is 29.9 Å². The molecule has 0 bridgehead atoms. The first kappa shape index (κ1) is 17.6. The number of anilines is 2. The molecule has 134 valence electrons. The minimum Gasteiger partial charge on any atom is -0.435 e. The molecule has 0 atom stereocenters. The van der Waals surface area contributed by atoms with Crippen molar-refractivity contribution < 1.29 is 18.3 Å². The van der Waals surface area contributed by atoms with E-state index in [-0.39, 0.29) is 17.7 Å². The molecule has 0 unspecified atom stereocenters. The molecule has 8 heteroatoms. The van der Waals surface area contributed by atoms with Crippen molar-refractivity contribution in [3.05, 3.63) is 35.3 Å². The summed E-state index contributed by atoms with van der Waals surface area (Å²) in [6, 6.07) is 6.35. The van der Waals surface area contributed by atoms with Gasteiger partial charge >= 0.3 is 6.61 Å². The van der Waals surface area contributed by atoms with E-state index >= 15 is 0 Å². The molecule has 1 aromatic heterocycles. The van der Waals surface area contributed by atoms with E-state index in [4.69, 9.17) is 0 Å². The normalized spacial score (nSPS) is 15.2. The fraction of sp³-hybridized carbons (Fsp3) is 0.412. The number of rotatable bonds is 6. The number of carbonyl (C=O) groups is 1. The number of alkyl halides is 2. The van der Waals surface area contributed by atoms with Crippen molar-refractivity contribution in [2.24, 2.45) is 0 Å². The van der Waals surface area contributed by atoms with Crippen molar-refractivity contribution in [1.82, 2.24) is 10.3 Å². The molecule has 1 amide bonds. The Morgan fingerprint density at radius 1 is 1.20 bits per heavy atom. The molecule has 0 spiro atoms. The molecule has 1 aliphatic carbocycles. The average Bonchev–Trinajstić information content (AvgIpc) is 3.06. The van der Waals surface area contributed by atoms with Gasteiger partial charge in [-0.05, 0) is 37.1 Å². The summed E-state index contributed by atoms with van der Waals surface area (Å²) in [7, 11) is 0. The van der Waals surface area contributed by atoms with E-state index < -0.39 is 6.61 Å². The van der Waals surface area contributed by atoms with Gasteiger partial charge in [0.1, 0.15) is 11.4 Å². The lowest BCUT2D eigenvalue weighted by Gasteiger charge is -2.22. The van der Waals surface area contributed by atoms with Gasteiger partial charge in [0.25, 0.3) is 5.91 Å². The Morgan fingerprint density at radius 2 is 1.92 bits per heavy atom. The first-order chi connectivity index (χ1) is 12.1. The zero-order valence-corrected chi connectivity index (χ0v) is 14.3. The number of thiazole rings is 1. The molecule has 1 heterocycles. The van der Waals surface area contributed by atoms with Crippen LogP contribution in [-0.2, 0) is 0 Å². The second kappa shape index (κ2) is 8.24. The SMILES string of the molecule is O=C(NC1CCCCC1)c1csc(Nc2ccc(OC(F)F)cc2)n1. The summed E-state index contributed by atoms with van der Waals surface area (Å²) in [6.45, 7) is -2.84. The Hall–Kier alpha value is -2.22. The summed E-state index contributed by atoms with van der Waals surface area (Å²) < 4.78 is 28.6. The van der Waals surface area contributed by atoms with Gasteiger partial charge in [-0.15, -0.1) is 11.3 Å². The van der Waals surface area contributed by atoms with Gasteiger partial charge in [-0.1, -0.05) is 19.3 Å². The number of hydrogen-bond acceptors (Lipinski definition) is 5. The molecule has 1 fully saturated rings. The number of halogens is 2. The van der Waals surface area contributed by atoms with E-state index in [1.807, 2.05) is 0 Å². The highest BCUT2D eigenvalue weighted by molar-refractivity contribution is 7.14. The van der Waals surface area contributed by atoms with Crippen molar-refractivity contribution in [3.8, 4) is 5.75 Å². The smallest absolute Gasteiger partial charge is 0.387 e. The van der Waals surface area contributed by atoms with Crippen molar-refractivity contribution >= 4 is 28.1 Å². The fourth-order valence-corrected chi connectivity index (χ4v) is 3.50. The number of aromatic nitrogens is 1. The number of benzene rings is 1. The first-order valence-electron chi connectivity index (χ1n) is 8.18. The number of ether oxygens (including phenoxy) is 1. The standard InChI is InChI=1S/C17H19F2N3O2S/c18-16(19)24-13-8-6-12(7-9-13)21-17-22-14(10-25-17)15(23)20-11-4-2-1-3-5-11/h6-11,16H,1-5H2,(H,20,23)(H,21,22). The van der Waals surface area contributed by atoms with Gasteiger partial charge < -0.3 is 15.4 Å². The fourth-order valence-electron chi connectivity index (χ4n) is 2.78. The number of amides is 1. The van der Waals surface area contributed by atoms with Gasteiger partial charge in [0.2, 0.25) is 0 Å². The van der Waals surface area contributed by atoms with Crippen molar-refractivity contribution in [2.45, 2.75) is 44.8 Å². The molecule has 0 radical (unpaired) electrons. The largest absolute Gasteiger partial charge is 0.435 e. The van der Waals surface area contributed by atoms with Gasteiger partial charge in [0.15, 0.2) is 5.13 Å². The molecule has 1 aliphatic rings. The Bertz CT molecular complexity index is 700. The first-order valence-corrected chi connectivity index (χ1v) is 9.06. The molecule has 1 aromatic carbocycles. The summed E-state index contributed by atoms with van der Waals surface area (Å²) in [5, 5.41) is 8.34. The maximum Gasteiger partial charge on any atom is 0.387 e. The van der Waals surface area contributed by atoms with E-state index in [0.29, 0.717) is 16.5 Å². The van der Waals surface area contributed by atoms with E-state index in [1.54, 1.807) is 17.5 Å². The second-order valence-electron chi connectivity index (χ2n) is 5.87. The Kier molecular flexibility index (Phi) is 5.80. The van der Waals surface area contributed by atoms with Crippen LogP contribution in [0.1, 0.15) is 42.6 Å². The van der Waals surface area contributed by atoms with E-state index in [0.717, 1.165) is 25.7 Å². The van der Waals surface area contributed by atoms with Crippen LogP contribution >= 0.6 is 11.3 Å². The Morgan fingerprint density at radius 3 is 2.60 bits per heavy atom. The van der Waals surface area contributed by atoms with Crippen molar-refractivity contribution in [2.75, 3.05) is 5.32 Å². The third-order valence-electron chi connectivity index (χ3n) is 4.01. The predicted molar refractivity (Wildman–Crippen MR) is 92.8 cm³/mol. The van der Waals surface area contributed by atoms with Crippen LogP contribution in [0.4, 0.5) is 19.6 Å². The van der Waals surface area contributed by atoms with Gasteiger partial charge in [0, 0.05) is 17.1 Å². The third-order valence-corrected chi connectivity index (χ3v) is 4.77. The molecule has 0 aliphatic heterocycles. The molecule has 25 heavy (non-hydrogen) atoms. The van der Waals surface area contributed by atoms with E-state index in [2.05, 4.69) is 20.4 Å². The summed E-state index contributed by atoms with van der Waals surface area (Å²) in [6.07, 6.45) is 5.58. The molecular formula is C17H19F2N3O2S. The maximum atomic E-state index is 12.2. The minimum atomic E-state index is -2.84. The lowest BCUT2D eigenvalue weighted by molar-refractivity contribution is -0.0498. The van der Waals surface area contributed by atoms with Crippen LogP contribution in [0.15, 0.2) is 29.6 Å². The predicted octanol–water partition coefficient (Wildman–Crippen LogP) is 4.55. The summed E-state index contributed by atoms with van der Waals surface area (Å²) in [5.41, 5.74) is 1.06.